The molecule has 0 amide bonds. The van der Waals surface area contributed by atoms with Crippen LogP contribution in [-0.2, 0) is 0 Å². The number of nitrogen functional groups attached to an aromatic ring is 1. The highest BCUT2D eigenvalue weighted by molar-refractivity contribution is 5.93. The van der Waals surface area contributed by atoms with E-state index in [9.17, 15) is 0 Å². The van der Waals surface area contributed by atoms with Gasteiger partial charge in [0.2, 0.25) is 0 Å². The molecule has 6 heteroatoms. The van der Waals surface area contributed by atoms with E-state index in [2.05, 4.69) is 15.1 Å². The fourth-order valence-electron chi connectivity index (χ4n) is 1.32. The van der Waals surface area contributed by atoms with Crippen molar-refractivity contribution in [1.29, 1.82) is 5.41 Å². The molecule has 0 aliphatic rings. The van der Waals surface area contributed by atoms with Crippen molar-refractivity contribution in [2.24, 2.45) is 5.73 Å². The number of nitrogens with one attached hydrogen (secondary N) is 1. The molecule has 0 atom stereocenters. The lowest BCUT2D eigenvalue weighted by Crippen LogP contribution is -2.16. The van der Waals surface area contributed by atoms with E-state index in [0.717, 1.165) is 11.3 Å². The first kappa shape index (κ1) is 10.3. The smallest absolute Gasteiger partial charge is 0.251 e. The van der Waals surface area contributed by atoms with Gasteiger partial charge in [-0.05, 0) is 25.5 Å². The summed E-state index contributed by atoms with van der Waals surface area (Å²) in [5.74, 6) is 0.355. The minimum atomic E-state index is -0.0735. The van der Waals surface area contributed by atoms with E-state index in [0.29, 0.717) is 11.6 Å². The number of hydrogen-bond acceptors (Lipinski definition) is 4. The van der Waals surface area contributed by atoms with Gasteiger partial charge < -0.3 is 5.73 Å². The summed E-state index contributed by atoms with van der Waals surface area (Å²) in [5.41, 5.74) is 7.59. The van der Waals surface area contributed by atoms with Gasteiger partial charge in [-0.1, -0.05) is 0 Å². The van der Waals surface area contributed by atoms with Crippen molar-refractivity contribution in [3.8, 4) is 5.95 Å². The number of nitrogens with zero attached hydrogens (tertiary/aromatic N) is 4. The summed E-state index contributed by atoms with van der Waals surface area (Å²) >= 11 is 0. The molecule has 2 aromatic heterocycles. The lowest BCUT2D eigenvalue weighted by Gasteiger charge is -2.04. The molecule has 0 fully saturated rings. The molecule has 0 aromatic carbocycles. The second-order valence-corrected chi connectivity index (χ2v) is 3.57. The Kier molecular flexibility index (Phi) is 2.40. The lowest BCUT2D eigenvalue weighted by molar-refractivity contribution is 0.798. The van der Waals surface area contributed by atoms with Crippen molar-refractivity contribution in [3.63, 3.8) is 0 Å². The number of amidine groups is 1. The van der Waals surface area contributed by atoms with Gasteiger partial charge in [-0.25, -0.2) is 14.6 Å². The summed E-state index contributed by atoms with van der Waals surface area (Å²) in [6, 6.07) is 1.67. The van der Waals surface area contributed by atoms with Gasteiger partial charge in [0.15, 0.2) is 0 Å². The van der Waals surface area contributed by atoms with E-state index in [1.54, 1.807) is 16.9 Å². The molecular formula is C10H12N6. The third-order valence-electron chi connectivity index (χ3n) is 2.03. The Morgan fingerprint density at radius 3 is 2.69 bits per heavy atom. The molecule has 0 bridgehead atoms. The summed E-state index contributed by atoms with van der Waals surface area (Å²) in [5, 5.41) is 11.5. The zero-order chi connectivity index (χ0) is 11.7. The van der Waals surface area contributed by atoms with Crippen molar-refractivity contribution in [3.05, 3.63) is 35.4 Å². The maximum absolute atomic E-state index is 7.35. The van der Waals surface area contributed by atoms with Crippen LogP contribution < -0.4 is 5.73 Å². The Balaban J connectivity index is 2.53. The van der Waals surface area contributed by atoms with Crippen LogP contribution in [0.5, 0.6) is 0 Å². The number of aromatic nitrogens is 4. The summed E-state index contributed by atoms with van der Waals surface area (Å²) in [6.07, 6.45) is 3.54. The fraction of sp³-hybridized carbons (Fsp3) is 0.200. The summed E-state index contributed by atoms with van der Waals surface area (Å²) in [7, 11) is 0. The highest BCUT2D eigenvalue weighted by Gasteiger charge is 2.06. The molecule has 2 rings (SSSR count). The molecule has 2 aromatic rings. The first-order chi connectivity index (χ1) is 7.56. The van der Waals surface area contributed by atoms with Crippen molar-refractivity contribution < 1.29 is 0 Å². The Labute approximate surface area is 92.7 Å². The molecule has 2 heterocycles. The van der Waals surface area contributed by atoms with Gasteiger partial charge in [-0.3, -0.25) is 5.41 Å². The maximum atomic E-state index is 7.35. The molecule has 0 saturated carbocycles. The molecule has 6 nitrogen and oxygen atoms in total. The molecule has 0 aliphatic carbocycles. The molecule has 0 radical (unpaired) electrons. The van der Waals surface area contributed by atoms with Crippen LogP contribution in [0, 0.1) is 19.3 Å². The fourth-order valence-corrected chi connectivity index (χ4v) is 1.32. The molecule has 0 spiro atoms. The molecule has 16 heavy (non-hydrogen) atoms. The first-order valence-electron chi connectivity index (χ1n) is 4.78. The standard InChI is InChI=1S/C10H12N6/c1-6-4-13-16(5-6)10-14-7(2)3-8(15-10)9(11)12/h3-5H,1-2H3,(H3,11,12). The van der Waals surface area contributed by atoms with E-state index in [1.165, 1.54) is 0 Å². The van der Waals surface area contributed by atoms with Gasteiger partial charge in [-0.15, -0.1) is 0 Å². The lowest BCUT2D eigenvalue weighted by atomic mass is 10.3. The van der Waals surface area contributed by atoms with Crippen LogP contribution >= 0.6 is 0 Å². The molecule has 0 unspecified atom stereocenters. The van der Waals surface area contributed by atoms with Crippen LogP contribution in [0.25, 0.3) is 5.95 Å². The molecule has 82 valence electrons. The summed E-state index contributed by atoms with van der Waals surface area (Å²) < 4.78 is 1.56. The Morgan fingerprint density at radius 2 is 2.12 bits per heavy atom. The van der Waals surface area contributed by atoms with Crippen LogP contribution in [0.3, 0.4) is 0 Å². The van der Waals surface area contributed by atoms with Crippen molar-refractivity contribution >= 4 is 5.84 Å². The van der Waals surface area contributed by atoms with E-state index in [1.807, 2.05) is 20.0 Å². The Bertz CT molecular complexity index is 542. The quantitative estimate of drug-likeness (QED) is 0.566. The van der Waals surface area contributed by atoms with Gasteiger partial charge in [0.25, 0.3) is 5.95 Å². The van der Waals surface area contributed by atoms with Crippen molar-refractivity contribution in [2.75, 3.05) is 0 Å². The maximum Gasteiger partial charge on any atom is 0.251 e. The van der Waals surface area contributed by atoms with Gasteiger partial charge in [0.05, 0.1) is 6.20 Å². The highest BCUT2D eigenvalue weighted by Crippen LogP contribution is 2.05. The topological polar surface area (TPSA) is 93.5 Å². The molecule has 0 saturated heterocycles. The predicted molar refractivity (Wildman–Crippen MR) is 59.6 cm³/mol. The Hall–Kier alpha value is -2.24. The minimum absolute atomic E-state index is 0.0735. The average molecular weight is 216 g/mol. The Morgan fingerprint density at radius 1 is 1.38 bits per heavy atom. The van der Waals surface area contributed by atoms with Gasteiger partial charge in [0.1, 0.15) is 11.5 Å². The highest BCUT2D eigenvalue weighted by atomic mass is 15.3. The van der Waals surface area contributed by atoms with Crippen LogP contribution in [-0.4, -0.2) is 25.6 Å². The van der Waals surface area contributed by atoms with Crippen molar-refractivity contribution in [1.82, 2.24) is 19.7 Å². The van der Waals surface area contributed by atoms with Crippen LogP contribution in [0.4, 0.5) is 0 Å². The molecular weight excluding hydrogens is 204 g/mol. The van der Waals surface area contributed by atoms with E-state index < -0.39 is 0 Å². The second-order valence-electron chi connectivity index (χ2n) is 3.57. The monoisotopic (exact) mass is 216 g/mol. The zero-order valence-electron chi connectivity index (χ0n) is 9.10. The van der Waals surface area contributed by atoms with Crippen LogP contribution in [0.1, 0.15) is 17.0 Å². The van der Waals surface area contributed by atoms with Crippen LogP contribution in [0.15, 0.2) is 18.5 Å². The van der Waals surface area contributed by atoms with Crippen molar-refractivity contribution in [2.45, 2.75) is 13.8 Å². The third kappa shape index (κ3) is 1.90. The zero-order valence-corrected chi connectivity index (χ0v) is 9.10. The minimum Gasteiger partial charge on any atom is -0.382 e. The van der Waals surface area contributed by atoms with Gasteiger partial charge in [-0.2, -0.15) is 5.10 Å². The van der Waals surface area contributed by atoms with Gasteiger partial charge >= 0.3 is 0 Å². The summed E-state index contributed by atoms with van der Waals surface area (Å²) in [4.78, 5) is 8.39. The average Bonchev–Trinajstić information content (AvgIpc) is 2.64. The number of hydrogen-bond donors (Lipinski definition) is 2. The van der Waals surface area contributed by atoms with Gasteiger partial charge in [0, 0.05) is 11.9 Å². The van der Waals surface area contributed by atoms with E-state index in [-0.39, 0.29) is 5.84 Å². The summed E-state index contributed by atoms with van der Waals surface area (Å²) in [6.45, 7) is 3.76. The molecule has 0 aliphatic heterocycles. The van der Waals surface area contributed by atoms with E-state index >= 15 is 0 Å². The number of nitrogens with two attached hydrogens (primary N) is 1. The number of rotatable bonds is 2. The largest absolute Gasteiger partial charge is 0.382 e. The third-order valence-corrected chi connectivity index (χ3v) is 2.03. The second kappa shape index (κ2) is 3.73. The molecule has 3 N–H and O–H groups in total. The predicted octanol–water partition coefficient (Wildman–Crippen LogP) is 0.563. The normalized spacial score (nSPS) is 10.4. The number of aryl methyl sites for hydroxylation is 2. The van der Waals surface area contributed by atoms with E-state index in [4.69, 9.17) is 11.1 Å². The first-order valence-corrected chi connectivity index (χ1v) is 4.78. The van der Waals surface area contributed by atoms with Crippen LogP contribution in [0.2, 0.25) is 0 Å². The SMILES string of the molecule is Cc1cnn(-c2nc(C)cc(C(=N)N)n2)c1.